The number of piperidine rings is 1. The first-order valence-electron chi connectivity index (χ1n) is 9.17. The van der Waals surface area contributed by atoms with Crippen molar-refractivity contribution < 1.29 is 8.42 Å². The molecule has 2 aromatic rings. The number of sulfonamides is 1. The van der Waals surface area contributed by atoms with Crippen molar-refractivity contribution in [1.82, 2.24) is 9.62 Å². The molecule has 1 aromatic carbocycles. The van der Waals surface area contributed by atoms with Gasteiger partial charge < -0.3 is 11.1 Å². The lowest BCUT2D eigenvalue weighted by atomic mass is 9.98. The minimum atomic E-state index is -3.39. The summed E-state index contributed by atoms with van der Waals surface area (Å²) in [5, 5.41) is 5.21. The molecule has 0 amide bonds. The van der Waals surface area contributed by atoms with Crippen molar-refractivity contribution >= 4 is 51.3 Å². The molecule has 154 valence electrons. The highest BCUT2D eigenvalue weighted by Crippen LogP contribution is 2.23. The quantitative estimate of drug-likeness (QED) is 0.325. The van der Waals surface area contributed by atoms with E-state index in [-0.39, 0.29) is 24.0 Å². The standard InChI is InChI=1S/C19H26N4O2S2.HI/c20-19(21-11-8-17-5-4-14-26-17)22-15-16-9-12-23(13-10-16)27(24,25)18-6-2-1-3-7-18;/h1-7,14,16H,8-13,15H2,(H3,20,21,22);1H. The third kappa shape index (κ3) is 6.43. The molecule has 0 radical (unpaired) electrons. The van der Waals surface area contributed by atoms with Gasteiger partial charge >= 0.3 is 0 Å². The highest BCUT2D eigenvalue weighted by Gasteiger charge is 2.29. The third-order valence-electron chi connectivity index (χ3n) is 4.73. The van der Waals surface area contributed by atoms with E-state index >= 15 is 0 Å². The lowest BCUT2D eigenvalue weighted by Gasteiger charge is -2.30. The number of nitrogens with two attached hydrogens (primary N) is 1. The fourth-order valence-electron chi connectivity index (χ4n) is 3.13. The average molecular weight is 534 g/mol. The molecule has 0 atom stereocenters. The summed E-state index contributed by atoms with van der Waals surface area (Å²) < 4.78 is 26.9. The monoisotopic (exact) mass is 534 g/mol. The van der Waals surface area contributed by atoms with Crippen LogP contribution < -0.4 is 11.1 Å². The molecule has 2 heterocycles. The Labute approximate surface area is 188 Å². The van der Waals surface area contributed by atoms with Crippen LogP contribution >= 0.6 is 35.3 Å². The van der Waals surface area contributed by atoms with Gasteiger partial charge in [0, 0.05) is 31.1 Å². The van der Waals surface area contributed by atoms with Crippen molar-refractivity contribution in [3.05, 3.63) is 52.7 Å². The van der Waals surface area contributed by atoms with E-state index in [0.717, 1.165) is 25.8 Å². The summed E-state index contributed by atoms with van der Waals surface area (Å²) in [6.07, 6.45) is 2.54. The molecule has 1 aliphatic heterocycles. The first-order valence-corrected chi connectivity index (χ1v) is 11.5. The number of halogens is 1. The van der Waals surface area contributed by atoms with E-state index in [9.17, 15) is 8.42 Å². The normalized spacial score (nSPS) is 16.5. The Hall–Kier alpha value is -1.17. The van der Waals surface area contributed by atoms with Gasteiger partial charge in [0.25, 0.3) is 0 Å². The van der Waals surface area contributed by atoms with Gasteiger partial charge in [-0.05, 0) is 48.8 Å². The summed E-state index contributed by atoms with van der Waals surface area (Å²) in [5.41, 5.74) is 5.94. The number of guanidine groups is 1. The van der Waals surface area contributed by atoms with Gasteiger partial charge in [0.2, 0.25) is 10.0 Å². The van der Waals surface area contributed by atoms with Gasteiger partial charge in [-0.2, -0.15) is 4.31 Å². The Morgan fingerprint density at radius 1 is 1.18 bits per heavy atom. The van der Waals surface area contributed by atoms with E-state index in [4.69, 9.17) is 5.73 Å². The molecule has 3 N–H and O–H groups in total. The molecule has 1 fully saturated rings. The Balaban J connectivity index is 0.00000280. The van der Waals surface area contributed by atoms with Crippen LogP contribution in [0.15, 0.2) is 57.7 Å². The van der Waals surface area contributed by atoms with Crippen LogP contribution in [0.5, 0.6) is 0 Å². The molecule has 0 aliphatic carbocycles. The fraction of sp³-hybridized carbons (Fsp3) is 0.421. The molecule has 28 heavy (non-hydrogen) atoms. The average Bonchev–Trinajstić information content (AvgIpc) is 3.21. The van der Waals surface area contributed by atoms with Gasteiger partial charge in [0.1, 0.15) is 0 Å². The molecule has 1 aliphatic rings. The van der Waals surface area contributed by atoms with Gasteiger partial charge in [0.15, 0.2) is 5.96 Å². The zero-order valence-electron chi connectivity index (χ0n) is 15.7. The van der Waals surface area contributed by atoms with Gasteiger partial charge in [-0.15, -0.1) is 35.3 Å². The number of aliphatic imine (C=N–C) groups is 1. The second-order valence-electron chi connectivity index (χ2n) is 6.64. The molecule has 0 saturated carbocycles. The summed E-state index contributed by atoms with van der Waals surface area (Å²) in [6.45, 7) is 2.47. The van der Waals surface area contributed by atoms with Crippen LogP contribution in [0.4, 0.5) is 0 Å². The van der Waals surface area contributed by atoms with Crippen LogP contribution in [0, 0.1) is 5.92 Å². The van der Waals surface area contributed by atoms with E-state index in [0.29, 0.717) is 36.4 Å². The maximum absolute atomic E-state index is 12.6. The van der Waals surface area contributed by atoms with Crippen molar-refractivity contribution in [2.45, 2.75) is 24.2 Å². The Morgan fingerprint density at radius 2 is 1.89 bits per heavy atom. The van der Waals surface area contributed by atoms with E-state index in [1.165, 1.54) is 4.88 Å². The van der Waals surface area contributed by atoms with Crippen LogP contribution in [-0.4, -0.2) is 44.9 Å². The van der Waals surface area contributed by atoms with E-state index in [1.54, 1.807) is 39.9 Å². The first kappa shape index (κ1) is 23.1. The summed E-state index contributed by atoms with van der Waals surface area (Å²) in [7, 11) is -3.39. The molecule has 9 heteroatoms. The van der Waals surface area contributed by atoms with E-state index < -0.39 is 10.0 Å². The minimum Gasteiger partial charge on any atom is -0.370 e. The molecule has 0 bridgehead atoms. The predicted octanol–water partition coefficient (Wildman–Crippen LogP) is 2.91. The van der Waals surface area contributed by atoms with Crippen LogP contribution in [0.1, 0.15) is 17.7 Å². The second kappa shape index (κ2) is 11.1. The number of benzene rings is 1. The van der Waals surface area contributed by atoms with Gasteiger partial charge in [-0.25, -0.2) is 8.42 Å². The smallest absolute Gasteiger partial charge is 0.243 e. The first-order chi connectivity index (χ1) is 13.1. The highest BCUT2D eigenvalue weighted by atomic mass is 127. The largest absolute Gasteiger partial charge is 0.370 e. The van der Waals surface area contributed by atoms with Crippen molar-refractivity contribution in [3.63, 3.8) is 0 Å². The molecule has 6 nitrogen and oxygen atoms in total. The van der Waals surface area contributed by atoms with Crippen LogP contribution in [-0.2, 0) is 16.4 Å². The molecule has 1 aromatic heterocycles. The van der Waals surface area contributed by atoms with Crippen molar-refractivity contribution in [3.8, 4) is 0 Å². The van der Waals surface area contributed by atoms with E-state index in [1.807, 2.05) is 12.1 Å². The van der Waals surface area contributed by atoms with Crippen LogP contribution in [0.25, 0.3) is 0 Å². The van der Waals surface area contributed by atoms with Gasteiger partial charge in [-0.3, -0.25) is 4.99 Å². The van der Waals surface area contributed by atoms with E-state index in [2.05, 4.69) is 21.8 Å². The van der Waals surface area contributed by atoms with Crippen molar-refractivity contribution in [2.24, 2.45) is 16.6 Å². The van der Waals surface area contributed by atoms with Crippen LogP contribution in [0.2, 0.25) is 0 Å². The number of nitrogens with one attached hydrogen (secondary N) is 1. The Kier molecular flexibility index (Phi) is 9.19. The summed E-state index contributed by atoms with van der Waals surface area (Å²) in [6, 6.07) is 12.8. The minimum absolute atomic E-state index is 0. The molecular formula is C19H27IN4O2S2. The fourth-order valence-corrected chi connectivity index (χ4v) is 5.33. The SMILES string of the molecule is I.NC(=NCC1CCN(S(=O)(=O)c2ccccc2)CC1)NCCc1cccs1. The number of thiophene rings is 1. The topological polar surface area (TPSA) is 87.8 Å². The highest BCUT2D eigenvalue weighted by molar-refractivity contribution is 14.0. The molecule has 0 unspecified atom stereocenters. The third-order valence-corrected chi connectivity index (χ3v) is 7.58. The lowest BCUT2D eigenvalue weighted by molar-refractivity contribution is 0.279. The molecule has 0 spiro atoms. The van der Waals surface area contributed by atoms with Crippen LogP contribution in [0.3, 0.4) is 0 Å². The number of hydrogen-bond acceptors (Lipinski definition) is 4. The van der Waals surface area contributed by atoms with Gasteiger partial charge in [0.05, 0.1) is 4.90 Å². The lowest BCUT2D eigenvalue weighted by Crippen LogP contribution is -2.39. The number of hydrogen-bond donors (Lipinski definition) is 2. The molecule has 1 saturated heterocycles. The zero-order chi connectivity index (χ0) is 19.1. The molecular weight excluding hydrogens is 507 g/mol. The number of rotatable bonds is 7. The maximum atomic E-state index is 12.6. The zero-order valence-corrected chi connectivity index (χ0v) is 19.6. The summed E-state index contributed by atoms with van der Waals surface area (Å²) in [5.74, 6) is 0.829. The van der Waals surface area contributed by atoms with Crippen molar-refractivity contribution in [1.29, 1.82) is 0 Å². The van der Waals surface area contributed by atoms with Crippen molar-refractivity contribution in [2.75, 3.05) is 26.2 Å². The Bertz CT molecular complexity index is 834. The predicted molar refractivity (Wildman–Crippen MR) is 126 cm³/mol. The summed E-state index contributed by atoms with van der Waals surface area (Å²) in [4.78, 5) is 6.11. The second-order valence-corrected chi connectivity index (χ2v) is 9.61. The molecule has 3 rings (SSSR count). The van der Waals surface area contributed by atoms with Gasteiger partial charge in [-0.1, -0.05) is 24.3 Å². The number of nitrogens with zero attached hydrogens (tertiary/aromatic N) is 2. The Morgan fingerprint density at radius 3 is 2.54 bits per heavy atom. The maximum Gasteiger partial charge on any atom is 0.243 e. The summed E-state index contributed by atoms with van der Waals surface area (Å²) >= 11 is 1.74.